The largest absolute Gasteiger partial charge is 0.344 e. The summed E-state index contributed by atoms with van der Waals surface area (Å²) in [5.41, 5.74) is 1.82. The molecule has 0 bridgehead atoms. The molecule has 3 rings (SSSR count). The minimum Gasteiger partial charge on any atom is -0.342 e. The van der Waals surface area contributed by atoms with Gasteiger partial charge < -0.3 is 14.9 Å². The van der Waals surface area contributed by atoms with Crippen molar-refractivity contribution in [1.82, 2.24) is 24.8 Å². The fraction of sp³-hybridized carbons (Fsp3) is 0.263. The number of rotatable bonds is 5. The standard InChI is InChI=1S/C19H21N5O2/c1-12(2)16(17-20-8-9-24(17)3)23-18(25)14-6-4-13(5-7-14)15-10-21-19(26)22-11-15/h4-12,16H,1-3H3,(H,23,25)(H,21,22,26)/t16-/m1/s1. The van der Waals surface area contributed by atoms with Gasteiger partial charge in [-0.25, -0.2) is 14.8 Å². The Hall–Kier alpha value is -3.22. The molecule has 0 radical (unpaired) electrons. The Labute approximate surface area is 151 Å². The van der Waals surface area contributed by atoms with E-state index in [1.165, 1.54) is 6.20 Å². The van der Waals surface area contributed by atoms with Crippen LogP contribution < -0.4 is 11.0 Å². The Balaban J connectivity index is 1.78. The zero-order chi connectivity index (χ0) is 18.7. The van der Waals surface area contributed by atoms with E-state index in [4.69, 9.17) is 0 Å². The van der Waals surface area contributed by atoms with E-state index in [1.807, 2.05) is 43.8 Å². The fourth-order valence-electron chi connectivity index (χ4n) is 2.74. The van der Waals surface area contributed by atoms with Gasteiger partial charge in [0, 0.05) is 43.0 Å². The molecule has 0 fully saturated rings. The van der Waals surface area contributed by atoms with Gasteiger partial charge in [0.1, 0.15) is 5.82 Å². The maximum atomic E-state index is 12.7. The predicted molar refractivity (Wildman–Crippen MR) is 98.5 cm³/mol. The molecular weight excluding hydrogens is 330 g/mol. The van der Waals surface area contributed by atoms with Gasteiger partial charge >= 0.3 is 5.69 Å². The van der Waals surface area contributed by atoms with E-state index in [2.05, 4.69) is 20.3 Å². The second kappa shape index (κ2) is 7.35. The lowest BCUT2D eigenvalue weighted by Gasteiger charge is -2.22. The van der Waals surface area contributed by atoms with E-state index in [0.29, 0.717) is 5.56 Å². The lowest BCUT2D eigenvalue weighted by molar-refractivity contribution is 0.0922. The highest BCUT2D eigenvalue weighted by Crippen LogP contribution is 2.21. The summed E-state index contributed by atoms with van der Waals surface area (Å²) in [7, 11) is 1.91. The second-order valence-electron chi connectivity index (χ2n) is 6.48. The van der Waals surface area contributed by atoms with Crippen molar-refractivity contribution in [2.45, 2.75) is 19.9 Å². The first-order chi connectivity index (χ1) is 12.5. The van der Waals surface area contributed by atoms with Crippen LogP contribution in [0.25, 0.3) is 11.1 Å². The van der Waals surface area contributed by atoms with Gasteiger partial charge in [-0.15, -0.1) is 0 Å². The number of imidazole rings is 1. The van der Waals surface area contributed by atoms with Gasteiger partial charge in [0.25, 0.3) is 5.91 Å². The Morgan fingerprint density at radius 2 is 1.88 bits per heavy atom. The third kappa shape index (κ3) is 3.72. The van der Waals surface area contributed by atoms with Crippen molar-refractivity contribution in [2.24, 2.45) is 13.0 Å². The topological polar surface area (TPSA) is 92.7 Å². The van der Waals surface area contributed by atoms with Crippen LogP contribution >= 0.6 is 0 Å². The summed E-state index contributed by atoms with van der Waals surface area (Å²) in [6.45, 7) is 4.10. The number of hydrogen-bond acceptors (Lipinski definition) is 4. The molecule has 2 heterocycles. The molecule has 2 N–H and O–H groups in total. The molecule has 1 amide bonds. The summed E-state index contributed by atoms with van der Waals surface area (Å²) in [6.07, 6.45) is 6.69. The van der Waals surface area contributed by atoms with Crippen LogP contribution in [0.5, 0.6) is 0 Å². The first kappa shape index (κ1) is 17.6. The fourth-order valence-corrected chi connectivity index (χ4v) is 2.74. The first-order valence-electron chi connectivity index (χ1n) is 8.39. The molecule has 7 nitrogen and oxygen atoms in total. The Morgan fingerprint density at radius 1 is 1.15 bits per heavy atom. The van der Waals surface area contributed by atoms with Gasteiger partial charge in [0.05, 0.1) is 6.04 Å². The number of hydrogen-bond donors (Lipinski definition) is 2. The Kier molecular flexibility index (Phi) is 4.97. The molecule has 0 saturated heterocycles. The van der Waals surface area contributed by atoms with Crippen LogP contribution in [0.4, 0.5) is 0 Å². The average Bonchev–Trinajstić information content (AvgIpc) is 3.05. The predicted octanol–water partition coefficient (Wildman–Crippen LogP) is 2.30. The van der Waals surface area contributed by atoms with Crippen LogP contribution in [-0.2, 0) is 7.05 Å². The lowest BCUT2D eigenvalue weighted by atomic mass is 10.0. The number of carbonyl (C=O) groups excluding carboxylic acids is 1. The van der Waals surface area contributed by atoms with Crippen molar-refractivity contribution in [2.75, 3.05) is 0 Å². The molecule has 3 aromatic rings. The number of aryl methyl sites for hydroxylation is 1. The van der Waals surface area contributed by atoms with Gasteiger partial charge in [0.2, 0.25) is 0 Å². The maximum Gasteiger partial charge on any atom is 0.344 e. The van der Waals surface area contributed by atoms with Crippen molar-refractivity contribution in [3.63, 3.8) is 0 Å². The number of amides is 1. The second-order valence-corrected chi connectivity index (χ2v) is 6.48. The zero-order valence-corrected chi connectivity index (χ0v) is 14.9. The summed E-state index contributed by atoms with van der Waals surface area (Å²) >= 11 is 0. The van der Waals surface area contributed by atoms with Gasteiger partial charge in [-0.2, -0.15) is 0 Å². The van der Waals surface area contributed by atoms with E-state index in [9.17, 15) is 9.59 Å². The molecule has 0 spiro atoms. The van der Waals surface area contributed by atoms with Gasteiger partial charge in [-0.3, -0.25) is 4.79 Å². The molecule has 2 aromatic heterocycles. The van der Waals surface area contributed by atoms with E-state index in [1.54, 1.807) is 24.5 Å². The molecule has 0 saturated carbocycles. The minimum atomic E-state index is -0.390. The van der Waals surface area contributed by atoms with Gasteiger partial charge in [0.15, 0.2) is 0 Å². The Bertz CT molecular complexity index is 936. The monoisotopic (exact) mass is 351 g/mol. The van der Waals surface area contributed by atoms with E-state index in [-0.39, 0.29) is 17.9 Å². The number of H-pyrrole nitrogens is 1. The summed E-state index contributed by atoms with van der Waals surface area (Å²) < 4.78 is 1.91. The minimum absolute atomic E-state index is 0.155. The first-order valence-corrected chi connectivity index (χ1v) is 8.39. The Morgan fingerprint density at radius 3 is 2.42 bits per heavy atom. The van der Waals surface area contributed by atoms with E-state index in [0.717, 1.165) is 17.0 Å². The highest BCUT2D eigenvalue weighted by molar-refractivity contribution is 5.94. The van der Waals surface area contributed by atoms with Crippen molar-refractivity contribution in [3.05, 3.63) is 70.9 Å². The highest BCUT2D eigenvalue weighted by atomic mass is 16.2. The van der Waals surface area contributed by atoms with Gasteiger partial charge in [-0.05, 0) is 23.6 Å². The van der Waals surface area contributed by atoms with Crippen LogP contribution in [-0.4, -0.2) is 25.4 Å². The maximum absolute atomic E-state index is 12.7. The molecule has 0 aliphatic carbocycles. The van der Waals surface area contributed by atoms with Crippen LogP contribution in [0.1, 0.15) is 36.1 Å². The normalized spacial score (nSPS) is 12.2. The molecule has 26 heavy (non-hydrogen) atoms. The molecule has 7 heteroatoms. The van der Waals surface area contributed by atoms with E-state index < -0.39 is 5.69 Å². The highest BCUT2D eigenvalue weighted by Gasteiger charge is 2.22. The number of carbonyl (C=O) groups is 1. The van der Waals surface area contributed by atoms with Crippen molar-refractivity contribution < 1.29 is 4.79 Å². The number of nitrogens with one attached hydrogen (secondary N) is 2. The zero-order valence-electron chi connectivity index (χ0n) is 14.9. The van der Waals surface area contributed by atoms with Crippen LogP contribution in [0, 0.1) is 5.92 Å². The van der Waals surface area contributed by atoms with Crippen molar-refractivity contribution in [1.29, 1.82) is 0 Å². The molecule has 134 valence electrons. The molecule has 1 aromatic carbocycles. The number of benzene rings is 1. The molecule has 0 unspecified atom stereocenters. The van der Waals surface area contributed by atoms with E-state index >= 15 is 0 Å². The summed E-state index contributed by atoms with van der Waals surface area (Å²) in [5, 5.41) is 3.06. The number of aromatic nitrogens is 4. The SMILES string of the molecule is CC(C)[C@@H](NC(=O)c1ccc(-c2cnc(=O)[nH]c2)cc1)c1nccn1C. The quantitative estimate of drug-likeness (QED) is 0.738. The van der Waals surface area contributed by atoms with Crippen LogP contribution in [0.3, 0.4) is 0 Å². The summed E-state index contributed by atoms with van der Waals surface area (Å²) in [6, 6.07) is 6.99. The molecule has 0 aliphatic heterocycles. The van der Waals surface area contributed by atoms with Crippen LogP contribution in [0.15, 0.2) is 53.8 Å². The summed E-state index contributed by atoms with van der Waals surface area (Å²) in [5.74, 6) is 0.869. The smallest absolute Gasteiger partial charge is 0.342 e. The third-order valence-electron chi connectivity index (χ3n) is 4.24. The molecule has 1 atom stereocenters. The van der Waals surface area contributed by atoms with Crippen molar-refractivity contribution >= 4 is 5.91 Å². The molecular formula is C19H21N5O2. The lowest BCUT2D eigenvalue weighted by Crippen LogP contribution is -2.33. The number of nitrogens with zero attached hydrogens (tertiary/aromatic N) is 3. The van der Waals surface area contributed by atoms with Crippen molar-refractivity contribution in [3.8, 4) is 11.1 Å². The summed E-state index contributed by atoms with van der Waals surface area (Å²) in [4.78, 5) is 34.3. The third-order valence-corrected chi connectivity index (χ3v) is 4.24. The van der Waals surface area contributed by atoms with Gasteiger partial charge in [-0.1, -0.05) is 26.0 Å². The number of aromatic amines is 1. The molecule has 0 aliphatic rings. The average molecular weight is 351 g/mol. The van der Waals surface area contributed by atoms with Crippen LogP contribution in [0.2, 0.25) is 0 Å².